The summed E-state index contributed by atoms with van der Waals surface area (Å²) in [5.41, 5.74) is 7.48. The number of fused-ring (bicyclic) bond motifs is 1. The Morgan fingerprint density at radius 3 is 2.88 bits per heavy atom. The van der Waals surface area contributed by atoms with Crippen LogP contribution in [0.25, 0.3) is 11.0 Å². The molecule has 5 nitrogen and oxygen atoms in total. The fourth-order valence-corrected chi connectivity index (χ4v) is 1.47. The lowest BCUT2D eigenvalue weighted by Crippen LogP contribution is -2.09. The monoisotopic (exact) mass is 217 g/mol. The predicted molar refractivity (Wildman–Crippen MR) is 59.9 cm³/mol. The standard InChI is InChI=1S/C11H11N3O2/c1-2-16-11(15)9-7(12)3-4-8-10(9)14-6-5-13-8/h3-6H,2,12H2,1H3. The molecule has 1 heterocycles. The molecular weight excluding hydrogens is 206 g/mol. The SMILES string of the molecule is CCOC(=O)c1c(N)ccc2nccnc12. The number of carbonyl (C=O) groups excluding carboxylic acids is 1. The van der Waals surface area contributed by atoms with Crippen LogP contribution in [-0.2, 0) is 4.74 Å². The minimum Gasteiger partial charge on any atom is -0.462 e. The topological polar surface area (TPSA) is 78.1 Å². The maximum atomic E-state index is 11.7. The highest BCUT2D eigenvalue weighted by Gasteiger charge is 2.16. The molecule has 0 spiro atoms. The maximum Gasteiger partial charge on any atom is 0.342 e. The average Bonchev–Trinajstić information content (AvgIpc) is 2.29. The first-order valence-corrected chi connectivity index (χ1v) is 4.90. The quantitative estimate of drug-likeness (QED) is 0.607. The summed E-state index contributed by atoms with van der Waals surface area (Å²) in [6.07, 6.45) is 3.08. The Morgan fingerprint density at radius 1 is 1.38 bits per heavy atom. The average molecular weight is 217 g/mol. The van der Waals surface area contributed by atoms with Crippen molar-refractivity contribution in [1.82, 2.24) is 9.97 Å². The van der Waals surface area contributed by atoms with E-state index in [9.17, 15) is 4.79 Å². The minimum atomic E-state index is -0.467. The van der Waals surface area contributed by atoms with E-state index in [0.717, 1.165) is 0 Å². The summed E-state index contributed by atoms with van der Waals surface area (Å²) >= 11 is 0. The normalized spacial score (nSPS) is 10.3. The molecule has 0 unspecified atom stereocenters. The van der Waals surface area contributed by atoms with Crippen molar-refractivity contribution in [2.24, 2.45) is 0 Å². The van der Waals surface area contributed by atoms with Crippen molar-refractivity contribution in [2.75, 3.05) is 12.3 Å². The molecule has 0 bridgehead atoms. The zero-order valence-electron chi connectivity index (χ0n) is 8.80. The van der Waals surface area contributed by atoms with Gasteiger partial charge in [0.25, 0.3) is 0 Å². The molecule has 0 saturated heterocycles. The minimum absolute atomic E-state index is 0.285. The Morgan fingerprint density at radius 2 is 2.12 bits per heavy atom. The highest BCUT2D eigenvalue weighted by molar-refractivity contribution is 6.06. The number of nitrogen functional groups attached to an aromatic ring is 1. The number of carbonyl (C=O) groups is 1. The largest absolute Gasteiger partial charge is 0.462 e. The van der Waals surface area contributed by atoms with Gasteiger partial charge in [-0.2, -0.15) is 0 Å². The van der Waals surface area contributed by atoms with Gasteiger partial charge >= 0.3 is 5.97 Å². The Balaban J connectivity index is 2.66. The summed E-state index contributed by atoms with van der Waals surface area (Å²) < 4.78 is 4.93. The van der Waals surface area contributed by atoms with Crippen LogP contribution in [-0.4, -0.2) is 22.5 Å². The van der Waals surface area contributed by atoms with Crippen molar-refractivity contribution >= 4 is 22.7 Å². The van der Waals surface area contributed by atoms with Gasteiger partial charge in [0.05, 0.1) is 12.1 Å². The third kappa shape index (κ3) is 1.67. The van der Waals surface area contributed by atoms with Crippen LogP contribution in [0.15, 0.2) is 24.5 Å². The summed E-state index contributed by atoms with van der Waals surface area (Å²) in [5.74, 6) is -0.467. The van der Waals surface area contributed by atoms with E-state index in [1.165, 1.54) is 6.20 Å². The number of hydrogen-bond donors (Lipinski definition) is 1. The number of benzene rings is 1. The molecule has 2 rings (SSSR count). The van der Waals surface area contributed by atoms with Gasteiger partial charge in [-0.1, -0.05) is 0 Å². The third-order valence-electron chi connectivity index (χ3n) is 2.15. The van der Waals surface area contributed by atoms with Crippen LogP contribution in [0.1, 0.15) is 17.3 Å². The van der Waals surface area contributed by atoms with E-state index < -0.39 is 5.97 Å². The highest BCUT2D eigenvalue weighted by Crippen LogP contribution is 2.21. The lowest BCUT2D eigenvalue weighted by Gasteiger charge is -2.07. The second-order valence-electron chi connectivity index (χ2n) is 3.17. The number of nitrogens with two attached hydrogens (primary N) is 1. The molecule has 0 radical (unpaired) electrons. The third-order valence-corrected chi connectivity index (χ3v) is 2.15. The van der Waals surface area contributed by atoms with Crippen molar-refractivity contribution in [3.05, 3.63) is 30.1 Å². The molecular formula is C11H11N3O2. The second kappa shape index (κ2) is 4.14. The Labute approximate surface area is 92.3 Å². The summed E-state index contributed by atoms with van der Waals surface area (Å²) in [6, 6.07) is 3.35. The summed E-state index contributed by atoms with van der Waals surface area (Å²) in [6.45, 7) is 2.04. The molecule has 0 saturated carbocycles. The van der Waals surface area contributed by atoms with Crippen LogP contribution in [0.2, 0.25) is 0 Å². The number of hydrogen-bond acceptors (Lipinski definition) is 5. The molecule has 0 atom stereocenters. The number of esters is 1. The van der Waals surface area contributed by atoms with E-state index in [1.54, 1.807) is 25.3 Å². The van der Waals surface area contributed by atoms with Gasteiger partial charge in [-0.3, -0.25) is 9.97 Å². The van der Waals surface area contributed by atoms with Gasteiger partial charge in [0.1, 0.15) is 11.1 Å². The fourth-order valence-electron chi connectivity index (χ4n) is 1.47. The number of aromatic nitrogens is 2. The number of anilines is 1. The van der Waals surface area contributed by atoms with E-state index in [1.807, 2.05) is 0 Å². The maximum absolute atomic E-state index is 11.7. The van der Waals surface area contributed by atoms with Crippen molar-refractivity contribution in [2.45, 2.75) is 6.92 Å². The molecule has 2 aromatic rings. The molecule has 0 aliphatic rings. The van der Waals surface area contributed by atoms with Gasteiger partial charge in [-0.25, -0.2) is 4.79 Å². The van der Waals surface area contributed by atoms with Gasteiger partial charge in [0.2, 0.25) is 0 Å². The molecule has 0 aliphatic heterocycles. The summed E-state index contributed by atoms with van der Waals surface area (Å²) in [5, 5.41) is 0. The highest BCUT2D eigenvalue weighted by atomic mass is 16.5. The molecule has 0 amide bonds. The van der Waals surface area contributed by atoms with Crippen LogP contribution in [0.3, 0.4) is 0 Å². The van der Waals surface area contributed by atoms with Gasteiger partial charge in [0.15, 0.2) is 0 Å². The van der Waals surface area contributed by atoms with E-state index in [2.05, 4.69) is 9.97 Å². The first kappa shape index (κ1) is 10.4. The first-order chi connectivity index (χ1) is 7.74. The molecule has 16 heavy (non-hydrogen) atoms. The number of nitrogens with zero attached hydrogens (tertiary/aromatic N) is 2. The van der Waals surface area contributed by atoms with Gasteiger partial charge in [-0.15, -0.1) is 0 Å². The van der Waals surface area contributed by atoms with Crippen molar-refractivity contribution in [3.63, 3.8) is 0 Å². The van der Waals surface area contributed by atoms with E-state index in [4.69, 9.17) is 10.5 Å². The molecule has 1 aromatic heterocycles. The molecule has 0 aliphatic carbocycles. The van der Waals surface area contributed by atoms with Gasteiger partial charge in [-0.05, 0) is 19.1 Å². The molecule has 1 aromatic carbocycles. The molecule has 82 valence electrons. The van der Waals surface area contributed by atoms with Crippen LogP contribution >= 0.6 is 0 Å². The summed E-state index contributed by atoms with van der Waals surface area (Å²) in [7, 11) is 0. The molecule has 2 N–H and O–H groups in total. The van der Waals surface area contributed by atoms with Crippen LogP contribution in [0, 0.1) is 0 Å². The van der Waals surface area contributed by atoms with Gasteiger partial charge in [0, 0.05) is 18.1 Å². The van der Waals surface area contributed by atoms with Crippen molar-refractivity contribution in [3.8, 4) is 0 Å². The summed E-state index contributed by atoms with van der Waals surface area (Å²) in [4.78, 5) is 19.9. The lowest BCUT2D eigenvalue weighted by molar-refractivity contribution is 0.0529. The number of ether oxygens (including phenoxy) is 1. The Bertz CT molecular complexity index is 540. The molecule has 5 heteroatoms. The van der Waals surface area contributed by atoms with Crippen molar-refractivity contribution in [1.29, 1.82) is 0 Å². The Kier molecular flexibility index (Phi) is 2.68. The zero-order valence-corrected chi connectivity index (χ0v) is 8.80. The number of rotatable bonds is 2. The van der Waals surface area contributed by atoms with E-state index in [0.29, 0.717) is 23.3 Å². The predicted octanol–water partition coefficient (Wildman–Crippen LogP) is 1.39. The smallest absolute Gasteiger partial charge is 0.342 e. The molecule has 0 fully saturated rings. The lowest BCUT2D eigenvalue weighted by atomic mass is 10.1. The first-order valence-electron chi connectivity index (χ1n) is 4.90. The van der Waals surface area contributed by atoms with Crippen molar-refractivity contribution < 1.29 is 9.53 Å². The van der Waals surface area contributed by atoms with Crippen LogP contribution in [0.4, 0.5) is 5.69 Å². The fraction of sp³-hybridized carbons (Fsp3) is 0.182. The van der Waals surface area contributed by atoms with Crippen LogP contribution < -0.4 is 5.73 Å². The van der Waals surface area contributed by atoms with E-state index in [-0.39, 0.29) is 5.56 Å². The zero-order chi connectivity index (χ0) is 11.5. The van der Waals surface area contributed by atoms with E-state index >= 15 is 0 Å². The Hall–Kier alpha value is -2.17. The van der Waals surface area contributed by atoms with Crippen LogP contribution in [0.5, 0.6) is 0 Å². The van der Waals surface area contributed by atoms with Gasteiger partial charge < -0.3 is 10.5 Å². The second-order valence-corrected chi connectivity index (χ2v) is 3.17.